The van der Waals surface area contributed by atoms with Crippen LogP contribution >= 0.6 is 15.9 Å². The molecule has 2 rings (SSSR count). The van der Waals surface area contributed by atoms with Crippen LogP contribution in [0.1, 0.15) is 39.2 Å². The van der Waals surface area contributed by atoms with Crippen LogP contribution in [0.3, 0.4) is 0 Å². The summed E-state index contributed by atoms with van der Waals surface area (Å²) in [5.74, 6) is 0.445. The van der Waals surface area contributed by atoms with E-state index in [0.717, 1.165) is 18.4 Å². The molecule has 1 heterocycles. The summed E-state index contributed by atoms with van der Waals surface area (Å²) in [6, 6.07) is 3.42. The van der Waals surface area contributed by atoms with Crippen LogP contribution in [-0.2, 0) is 21.2 Å². The SMILES string of the molecule is CCC(=O)N1CCc2cc(Br)c(S(=O)(=O)NCCC(C)C)cc21. The van der Waals surface area contributed by atoms with Crippen molar-refractivity contribution >= 4 is 37.5 Å². The van der Waals surface area contributed by atoms with Gasteiger partial charge < -0.3 is 4.90 Å². The number of anilines is 1. The molecular weight excluding hydrogens is 380 g/mol. The maximum absolute atomic E-state index is 12.5. The van der Waals surface area contributed by atoms with Gasteiger partial charge in [-0.15, -0.1) is 0 Å². The molecule has 1 amide bonds. The van der Waals surface area contributed by atoms with Crippen molar-refractivity contribution in [2.24, 2.45) is 5.92 Å². The van der Waals surface area contributed by atoms with E-state index in [9.17, 15) is 13.2 Å². The molecule has 0 saturated carbocycles. The average Bonchev–Trinajstić information content (AvgIpc) is 2.87. The molecule has 0 aliphatic carbocycles. The molecular formula is C16H23BrN2O3S. The van der Waals surface area contributed by atoms with E-state index < -0.39 is 10.0 Å². The summed E-state index contributed by atoms with van der Waals surface area (Å²) >= 11 is 3.36. The van der Waals surface area contributed by atoms with E-state index in [-0.39, 0.29) is 10.8 Å². The zero-order valence-electron chi connectivity index (χ0n) is 13.7. The maximum atomic E-state index is 12.5. The Morgan fingerprint density at radius 2 is 2.09 bits per heavy atom. The molecule has 0 unspecified atom stereocenters. The van der Waals surface area contributed by atoms with Crippen LogP contribution in [0, 0.1) is 5.92 Å². The van der Waals surface area contributed by atoms with E-state index in [1.807, 2.05) is 26.8 Å². The van der Waals surface area contributed by atoms with Crippen molar-refractivity contribution in [2.75, 3.05) is 18.0 Å². The molecule has 7 heteroatoms. The summed E-state index contributed by atoms with van der Waals surface area (Å²) in [5, 5.41) is 0. The first kappa shape index (κ1) is 18.4. The Morgan fingerprint density at radius 1 is 1.39 bits per heavy atom. The van der Waals surface area contributed by atoms with E-state index >= 15 is 0 Å². The molecule has 0 radical (unpaired) electrons. The number of hydrogen-bond donors (Lipinski definition) is 1. The van der Waals surface area contributed by atoms with Gasteiger partial charge in [0.2, 0.25) is 15.9 Å². The van der Waals surface area contributed by atoms with Gasteiger partial charge in [0.1, 0.15) is 0 Å². The van der Waals surface area contributed by atoms with Crippen molar-refractivity contribution in [1.29, 1.82) is 0 Å². The molecule has 1 N–H and O–H groups in total. The van der Waals surface area contributed by atoms with Crippen molar-refractivity contribution in [3.8, 4) is 0 Å². The number of carbonyl (C=O) groups is 1. The predicted octanol–water partition coefficient (Wildman–Crippen LogP) is 3.07. The van der Waals surface area contributed by atoms with Crippen molar-refractivity contribution in [3.63, 3.8) is 0 Å². The van der Waals surface area contributed by atoms with E-state index in [0.29, 0.717) is 35.6 Å². The highest BCUT2D eigenvalue weighted by Gasteiger charge is 2.28. The number of carbonyl (C=O) groups excluding carboxylic acids is 1. The monoisotopic (exact) mass is 402 g/mol. The van der Waals surface area contributed by atoms with Crippen LogP contribution < -0.4 is 9.62 Å². The summed E-state index contributed by atoms with van der Waals surface area (Å²) in [6.45, 7) is 6.92. The molecule has 0 fully saturated rings. The second-order valence-corrected chi connectivity index (χ2v) is 8.73. The molecule has 0 atom stereocenters. The summed E-state index contributed by atoms with van der Waals surface area (Å²) in [6.07, 6.45) is 1.94. The Kier molecular flexibility index (Phi) is 5.86. The quantitative estimate of drug-likeness (QED) is 0.794. The number of rotatable bonds is 6. The number of benzene rings is 1. The Morgan fingerprint density at radius 3 is 2.70 bits per heavy atom. The van der Waals surface area contributed by atoms with Crippen LogP contribution in [-0.4, -0.2) is 27.4 Å². The lowest BCUT2D eigenvalue weighted by atomic mass is 10.1. The van der Waals surface area contributed by atoms with Gasteiger partial charge in [-0.1, -0.05) is 20.8 Å². The van der Waals surface area contributed by atoms with Crippen LogP contribution in [0.2, 0.25) is 0 Å². The van der Waals surface area contributed by atoms with E-state index in [1.54, 1.807) is 11.0 Å². The first-order valence-electron chi connectivity index (χ1n) is 7.88. The van der Waals surface area contributed by atoms with Gasteiger partial charge in [-0.05, 0) is 52.4 Å². The minimum absolute atomic E-state index is 0.0159. The number of hydrogen-bond acceptors (Lipinski definition) is 3. The van der Waals surface area contributed by atoms with Gasteiger partial charge in [0, 0.05) is 29.7 Å². The zero-order chi connectivity index (χ0) is 17.2. The zero-order valence-corrected chi connectivity index (χ0v) is 16.1. The van der Waals surface area contributed by atoms with Gasteiger partial charge in [-0.25, -0.2) is 13.1 Å². The smallest absolute Gasteiger partial charge is 0.241 e. The highest BCUT2D eigenvalue weighted by molar-refractivity contribution is 9.10. The van der Waals surface area contributed by atoms with E-state index in [1.165, 1.54) is 0 Å². The fraction of sp³-hybridized carbons (Fsp3) is 0.562. The number of amides is 1. The van der Waals surface area contributed by atoms with Crippen LogP contribution in [0.4, 0.5) is 5.69 Å². The third-order valence-electron chi connectivity index (χ3n) is 3.94. The van der Waals surface area contributed by atoms with Gasteiger partial charge in [0.15, 0.2) is 0 Å². The fourth-order valence-corrected chi connectivity index (χ4v) is 4.76. The molecule has 1 aliphatic rings. The molecule has 0 spiro atoms. The second kappa shape index (κ2) is 7.32. The minimum Gasteiger partial charge on any atom is -0.312 e. The Labute approximate surface area is 146 Å². The van der Waals surface area contributed by atoms with Crippen molar-refractivity contribution < 1.29 is 13.2 Å². The van der Waals surface area contributed by atoms with Crippen LogP contribution in [0.15, 0.2) is 21.5 Å². The van der Waals surface area contributed by atoms with Gasteiger partial charge in [0.25, 0.3) is 0 Å². The van der Waals surface area contributed by atoms with Gasteiger partial charge in [-0.2, -0.15) is 0 Å². The number of halogens is 1. The molecule has 1 aromatic rings. The van der Waals surface area contributed by atoms with E-state index in [4.69, 9.17) is 0 Å². The normalized spacial score (nSPS) is 14.4. The molecule has 1 aliphatic heterocycles. The molecule has 1 aromatic carbocycles. The standard InChI is InChI=1S/C16H23BrN2O3S/c1-4-16(20)19-8-6-12-9-13(17)15(10-14(12)19)23(21,22)18-7-5-11(2)3/h9-11,18H,4-8H2,1-3H3. The highest BCUT2D eigenvalue weighted by Crippen LogP contribution is 2.35. The van der Waals surface area contributed by atoms with Gasteiger partial charge >= 0.3 is 0 Å². The average molecular weight is 403 g/mol. The third-order valence-corrected chi connectivity index (χ3v) is 6.35. The highest BCUT2D eigenvalue weighted by atomic mass is 79.9. The number of nitrogens with one attached hydrogen (secondary N) is 1. The number of nitrogens with zero attached hydrogens (tertiary/aromatic N) is 1. The fourth-order valence-electron chi connectivity index (χ4n) is 2.60. The van der Waals surface area contributed by atoms with Gasteiger partial charge in [-0.3, -0.25) is 4.79 Å². The first-order chi connectivity index (χ1) is 10.8. The van der Waals surface area contributed by atoms with Crippen LogP contribution in [0.5, 0.6) is 0 Å². The first-order valence-corrected chi connectivity index (χ1v) is 10.2. The maximum Gasteiger partial charge on any atom is 0.241 e. The lowest BCUT2D eigenvalue weighted by Crippen LogP contribution is -2.29. The lowest BCUT2D eigenvalue weighted by Gasteiger charge is -2.18. The minimum atomic E-state index is -3.60. The molecule has 128 valence electrons. The summed E-state index contributed by atoms with van der Waals surface area (Å²) in [4.78, 5) is 13.9. The largest absolute Gasteiger partial charge is 0.312 e. The molecule has 0 saturated heterocycles. The second-order valence-electron chi connectivity index (χ2n) is 6.14. The third kappa shape index (κ3) is 4.14. The van der Waals surface area contributed by atoms with Crippen molar-refractivity contribution in [3.05, 3.63) is 22.2 Å². The Bertz CT molecular complexity index is 702. The van der Waals surface area contributed by atoms with Crippen molar-refractivity contribution in [2.45, 2.75) is 44.9 Å². The summed E-state index contributed by atoms with van der Waals surface area (Å²) < 4.78 is 28.2. The molecule has 5 nitrogen and oxygen atoms in total. The Balaban J connectivity index is 2.32. The predicted molar refractivity (Wildman–Crippen MR) is 95.1 cm³/mol. The lowest BCUT2D eigenvalue weighted by molar-refractivity contribution is -0.118. The summed E-state index contributed by atoms with van der Waals surface area (Å²) in [5.41, 5.74) is 1.71. The molecule has 0 bridgehead atoms. The van der Waals surface area contributed by atoms with Gasteiger partial charge in [0.05, 0.1) is 4.90 Å². The topological polar surface area (TPSA) is 66.5 Å². The van der Waals surface area contributed by atoms with Crippen LogP contribution in [0.25, 0.3) is 0 Å². The molecule has 23 heavy (non-hydrogen) atoms. The number of fused-ring (bicyclic) bond motifs is 1. The summed E-state index contributed by atoms with van der Waals surface area (Å²) in [7, 11) is -3.60. The number of sulfonamides is 1. The van der Waals surface area contributed by atoms with E-state index in [2.05, 4.69) is 20.7 Å². The van der Waals surface area contributed by atoms with Crippen molar-refractivity contribution in [1.82, 2.24) is 4.72 Å². The molecule has 0 aromatic heterocycles. The Hall–Kier alpha value is -0.920.